The number of rotatable bonds is 8. The molecule has 0 bridgehead atoms. The van der Waals surface area contributed by atoms with Crippen molar-refractivity contribution in [3.8, 4) is 0 Å². The predicted octanol–water partition coefficient (Wildman–Crippen LogP) is 2.70. The Balaban J connectivity index is 1.91. The van der Waals surface area contributed by atoms with Crippen LogP contribution < -0.4 is 5.73 Å². The zero-order valence-electron chi connectivity index (χ0n) is 13.4. The highest BCUT2D eigenvalue weighted by Crippen LogP contribution is 2.34. The topological polar surface area (TPSA) is 38.5 Å². The molecule has 1 aromatic rings. The second-order valence-corrected chi connectivity index (χ2v) is 6.27. The molecular weight excluding hydrogens is 260 g/mol. The van der Waals surface area contributed by atoms with Gasteiger partial charge in [0.05, 0.1) is 0 Å². The molecule has 2 N–H and O–H groups in total. The third-order valence-corrected chi connectivity index (χ3v) is 4.87. The molecule has 1 heterocycles. The van der Waals surface area contributed by atoms with Crippen LogP contribution in [0.25, 0.3) is 0 Å². The zero-order chi connectivity index (χ0) is 15.0. The number of ether oxygens (including phenoxy) is 1. The molecule has 0 unspecified atom stereocenters. The number of nitrogens with two attached hydrogens (primary N) is 1. The molecule has 1 aliphatic heterocycles. The standard InChI is InChI=1S/C18H30N2O/c1-2-18(9-14-21-15-10-18)16-20(13-11-19)12-8-17-6-4-3-5-7-17/h3-7H,2,8-16,19H2,1H3. The normalized spacial score (nSPS) is 18.0. The second kappa shape index (κ2) is 8.52. The van der Waals surface area contributed by atoms with Gasteiger partial charge in [0.2, 0.25) is 0 Å². The molecule has 0 spiro atoms. The summed E-state index contributed by atoms with van der Waals surface area (Å²) in [5.74, 6) is 0. The first-order chi connectivity index (χ1) is 10.3. The lowest BCUT2D eigenvalue weighted by atomic mass is 9.77. The molecule has 1 saturated heterocycles. The largest absolute Gasteiger partial charge is 0.381 e. The lowest BCUT2D eigenvalue weighted by molar-refractivity contribution is -0.00636. The van der Waals surface area contributed by atoms with E-state index in [1.54, 1.807) is 0 Å². The zero-order valence-corrected chi connectivity index (χ0v) is 13.4. The summed E-state index contributed by atoms with van der Waals surface area (Å²) in [7, 11) is 0. The highest BCUT2D eigenvalue weighted by molar-refractivity contribution is 5.14. The van der Waals surface area contributed by atoms with Gasteiger partial charge in [0, 0.05) is 39.4 Å². The van der Waals surface area contributed by atoms with Crippen molar-refractivity contribution in [1.29, 1.82) is 0 Å². The summed E-state index contributed by atoms with van der Waals surface area (Å²) >= 11 is 0. The van der Waals surface area contributed by atoms with Crippen LogP contribution in [0.2, 0.25) is 0 Å². The fourth-order valence-corrected chi connectivity index (χ4v) is 3.29. The lowest BCUT2D eigenvalue weighted by Crippen LogP contribution is -2.43. The third-order valence-electron chi connectivity index (χ3n) is 4.87. The third kappa shape index (κ3) is 5.10. The molecule has 0 amide bonds. The van der Waals surface area contributed by atoms with Gasteiger partial charge in [-0.3, -0.25) is 0 Å². The number of nitrogens with zero attached hydrogens (tertiary/aromatic N) is 1. The highest BCUT2D eigenvalue weighted by Gasteiger charge is 2.32. The fraction of sp³-hybridized carbons (Fsp3) is 0.667. The number of benzene rings is 1. The summed E-state index contributed by atoms with van der Waals surface area (Å²) in [6.07, 6.45) is 4.73. The van der Waals surface area contributed by atoms with E-state index in [2.05, 4.69) is 42.2 Å². The van der Waals surface area contributed by atoms with Crippen LogP contribution in [0.3, 0.4) is 0 Å². The van der Waals surface area contributed by atoms with E-state index < -0.39 is 0 Å². The molecular formula is C18H30N2O. The van der Waals surface area contributed by atoms with Crippen LogP contribution in [0.4, 0.5) is 0 Å². The molecule has 0 aromatic heterocycles. The van der Waals surface area contributed by atoms with Crippen molar-refractivity contribution in [2.24, 2.45) is 11.1 Å². The smallest absolute Gasteiger partial charge is 0.0471 e. The van der Waals surface area contributed by atoms with Crippen molar-refractivity contribution < 1.29 is 4.74 Å². The van der Waals surface area contributed by atoms with E-state index in [-0.39, 0.29) is 0 Å². The maximum absolute atomic E-state index is 5.82. The average Bonchev–Trinajstić information content (AvgIpc) is 2.55. The van der Waals surface area contributed by atoms with E-state index in [0.29, 0.717) is 5.41 Å². The van der Waals surface area contributed by atoms with Crippen molar-refractivity contribution in [3.05, 3.63) is 35.9 Å². The van der Waals surface area contributed by atoms with E-state index in [0.717, 1.165) is 45.8 Å². The van der Waals surface area contributed by atoms with Crippen LogP contribution in [-0.4, -0.2) is 44.3 Å². The molecule has 118 valence electrons. The van der Waals surface area contributed by atoms with Crippen LogP contribution in [-0.2, 0) is 11.2 Å². The fourth-order valence-electron chi connectivity index (χ4n) is 3.29. The van der Waals surface area contributed by atoms with Crippen molar-refractivity contribution >= 4 is 0 Å². The summed E-state index contributed by atoms with van der Waals surface area (Å²) in [6, 6.07) is 10.7. The Morgan fingerprint density at radius 1 is 1.14 bits per heavy atom. The van der Waals surface area contributed by atoms with Gasteiger partial charge in [-0.25, -0.2) is 0 Å². The van der Waals surface area contributed by atoms with Gasteiger partial charge >= 0.3 is 0 Å². The molecule has 2 rings (SSSR count). The van der Waals surface area contributed by atoms with E-state index in [4.69, 9.17) is 10.5 Å². The lowest BCUT2D eigenvalue weighted by Gasteiger charge is -2.40. The van der Waals surface area contributed by atoms with Gasteiger partial charge in [0.15, 0.2) is 0 Å². The maximum atomic E-state index is 5.82. The van der Waals surface area contributed by atoms with Crippen LogP contribution in [0.15, 0.2) is 30.3 Å². The van der Waals surface area contributed by atoms with Gasteiger partial charge in [0.1, 0.15) is 0 Å². The highest BCUT2D eigenvalue weighted by atomic mass is 16.5. The Hall–Kier alpha value is -0.900. The summed E-state index contributed by atoms with van der Waals surface area (Å²) in [5, 5.41) is 0. The number of hydrogen-bond acceptors (Lipinski definition) is 3. The molecule has 1 aromatic carbocycles. The minimum absolute atomic E-state index is 0.435. The molecule has 0 atom stereocenters. The van der Waals surface area contributed by atoms with Gasteiger partial charge < -0.3 is 15.4 Å². The van der Waals surface area contributed by atoms with Crippen molar-refractivity contribution in [3.63, 3.8) is 0 Å². The van der Waals surface area contributed by atoms with E-state index in [1.807, 2.05) is 0 Å². The number of hydrogen-bond donors (Lipinski definition) is 1. The first-order valence-corrected chi connectivity index (χ1v) is 8.32. The predicted molar refractivity (Wildman–Crippen MR) is 88.4 cm³/mol. The molecule has 0 aliphatic carbocycles. The Morgan fingerprint density at radius 2 is 1.86 bits per heavy atom. The molecule has 3 nitrogen and oxygen atoms in total. The summed E-state index contributed by atoms with van der Waals surface area (Å²) in [5.41, 5.74) is 7.67. The second-order valence-electron chi connectivity index (χ2n) is 6.27. The maximum Gasteiger partial charge on any atom is 0.0471 e. The average molecular weight is 290 g/mol. The first-order valence-electron chi connectivity index (χ1n) is 8.32. The molecule has 0 radical (unpaired) electrons. The van der Waals surface area contributed by atoms with Crippen LogP contribution in [0.5, 0.6) is 0 Å². The van der Waals surface area contributed by atoms with E-state index >= 15 is 0 Å². The van der Waals surface area contributed by atoms with Crippen molar-refractivity contribution in [2.45, 2.75) is 32.6 Å². The first kappa shape index (κ1) is 16.5. The van der Waals surface area contributed by atoms with Crippen LogP contribution >= 0.6 is 0 Å². The molecule has 0 saturated carbocycles. The Kier molecular flexibility index (Phi) is 6.68. The van der Waals surface area contributed by atoms with E-state index in [9.17, 15) is 0 Å². The van der Waals surface area contributed by atoms with E-state index in [1.165, 1.54) is 24.8 Å². The molecule has 21 heavy (non-hydrogen) atoms. The van der Waals surface area contributed by atoms with Gasteiger partial charge in [-0.15, -0.1) is 0 Å². The summed E-state index contributed by atoms with van der Waals surface area (Å²) in [6.45, 7) is 8.16. The van der Waals surface area contributed by atoms with Gasteiger partial charge in [-0.2, -0.15) is 0 Å². The Morgan fingerprint density at radius 3 is 2.48 bits per heavy atom. The SMILES string of the molecule is CCC1(CN(CCN)CCc2ccccc2)CCOCC1. The molecule has 1 aliphatic rings. The summed E-state index contributed by atoms with van der Waals surface area (Å²) < 4.78 is 5.55. The minimum atomic E-state index is 0.435. The van der Waals surface area contributed by atoms with Crippen LogP contribution in [0, 0.1) is 5.41 Å². The van der Waals surface area contributed by atoms with Crippen LogP contribution in [0.1, 0.15) is 31.7 Å². The Labute approximate surface area is 129 Å². The minimum Gasteiger partial charge on any atom is -0.381 e. The summed E-state index contributed by atoms with van der Waals surface area (Å²) in [4.78, 5) is 2.56. The molecule has 3 heteroatoms. The van der Waals surface area contributed by atoms with Gasteiger partial charge in [-0.1, -0.05) is 37.3 Å². The molecule has 1 fully saturated rings. The monoisotopic (exact) mass is 290 g/mol. The van der Waals surface area contributed by atoms with Gasteiger partial charge in [0.25, 0.3) is 0 Å². The van der Waals surface area contributed by atoms with Gasteiger partial charge in [-0.05, 0) is 36.7 Å². The van der Waals surface area contributed by atoms with Crippen molar-refractivity contribution in [1.82, 2.24) is 4.90 Å². The Bertz CT molecular complexity index is 387. The quantitative estimate of drug-likeness (QED) is 0.800. The van der Waals surface area contributed by atoms with Crippen molar-refractivity contribution in [2.75, 3.05) is 39.4 Å².